The molecule has 0 saturated carbocycles. The van der Waals surface area contributed by atoms with E-state index in [9.17, 15) is 14.7 Å². The molecule has 0 fully saturated rings. The summed E-state index contributed by atoms with van der Waals surface area (Å²) in [5.74, 6) is -0.794. The predicted molar refractivity (Wildman–Crippen MR) is 59.7 cm³/mol. The van der Waals surface area contributed by atoms with Crippen LogP contribution in [0.2, 0.25) is 0 Å². The van der Waals surface area contributed by atoms with Crippen LogP contribution in [0, 0.1) is 5.92 Å². The number of carbonyl (C=O) groups is 2. The van der Waals surface area contributed by atoms with Gasteiger partial charge in [0.15, 0.2) is 0 Å². The summed E-state index contributed by atoms with van der Waals surface area (Å²) in [5.41, 5.74) is 0. The summed E-state index contributed by atoms with van der Waals surface area (Å²) in [7, 11) is 1.27. The summed E-state index contributed by atoms with van der Waals surface area (Å²) in [6.45, 7) is 5.58. The largest absolute Gasteiger partial charge is 0.467 e. The maximum Gasteiger partial charge on any atom is 0.328 e. The van der Waals surface area contributed by atoms with Crippen molar-refractivity contribution in [1.82, 2.24) is 5.32 Å². The second kappa shape index (κ2) is 7.22. The van der Waals surface area contributed by atoms with E-state index in [1.165, 1.54) is 7.11 Å². The highest BCUT2D eigenvalue weighted by atomic mass is 16.5. The van der Waals surface area contributed by atoms with Crippen molar-refractivity contribution >= 4 is 11.9 Å². The Morgan fingerprint density at radius 3 is 2.31 bits per heavy atom. The number of methoxy groups -OCH3 is 1. The molecule has 94 valence electrons. The van der Waals surface area contributed by atoms with E-state index in [4.69, 9.17) is 0 Å². The zero-order chi connectivity index (χ0) is 12.7. The highest BCUT2D eigenvalue weighted by molar-refractivity contribution is 5.86. The first-order valence-corrected chi connectivity index (χ1v) is 5.48. The third kappa shape index (κ3) is 5.11. The number of nitrogens with one attached hydrogen (secondary N) is 1. The molecule has 1 amide bonds. The van der Waals surface area contributed by atoms with E-state index < -0.39 is 24.0 Å². The van der Waals surface area contributed by atoms with Gasteiger partial charge in [0.2, 0.25) is 5.91 Å². The van der Waals surface area contributed by atoms with Crippen LogP contribution in [0.3, 0.4) is 0 Å². The zero-order valence-electron chi connectivity index (χ0n) is 10.3. The van der Waals surface area contributed by atoms with Gasteiger partial charge >= 0.3 is 5.97 Å². The van der Waals surface area contributed by atoms with Gasteiger partial charge in [0.25, 0.3) is 0 Å². The normalized spacial score (nSPS) is 14.4. The molecule has 0 heterocycles. The van der Waals surface area contributed by atoms with Gasteiger partial charge in [0.05, 0.1) is 7.11 Å². The highest BCUT2D eigenvalue weighted by Crippen LogP contribution is 2.05. The van der Waals surface area contributed by atoms with E-state index in [0.29, 0.717) is 12.8 Å². The van der Waals surface area contributed by atoms with E-state index in [-0.39, 0.29) is 5.92 Å². The minimum absolute atomic E-state index is 0.221. The van der Waals surface area contributed by atoms with Crippen molar-refractivity contribution in [2.45, 2.75) is 45.8 Å². The lowest BCUT2D eigenvalue weighted by molar-refractivity contribution is -0.146. The molecule has 0 saturated heterocycles. The molecular formula is C11H21NO4. The van der Waals surface area contributed by atoms with E-state index in [1.54, 1.807) is 6.92 Å². The lowest BCUT2D eigenvalue weighted by atomic mass is 10.1. The Hall–Kier alpha value is -1.10. The third-order valence-electron chi connectivity index (χ3n) is 2.21. The summed E-state index contributed by atoms with van der Waals surface area (Å²) in [5, 5.41) is 12.0. The van der Waals surface area contributed by atoms with Gasteiger partial charge < -0.3 is 15.2 Å². The molecule has 0 rings (SSSR count). The van der Waals surface area contributed by atoms with Crippen molar-refractivity contribution in [3.05, 3.63) is 0 Å². The number of rotatable bonds is 6. The van der Waals surface area contributed by atoms with Gasteiger partial charge in [-0.1, -0.05) is 20.8 Å². The van der Waals surface area contributed by atoms with Crippen LogP contribution in [0.1, 0.15) is 33.6 Å². The molecule has 5 heteroatoms. The van der Waals surface area contributed by atoms with Crippen LogP contribution < -0.4 is 5.32 Å². The Balaban J connectivity index is 4.24. The molecule has 0 aromatic heterocycles. The second-order valence-corrected chi connectivity index (χ2v) is 4.14. The van der Waals surface area contributed by atoms with E-state index >= 15 is 0 Å². The fraction of sp³-hybridized carbons (Fsp3) is 0.818. The number of carbonyl (C=O) groups excluding carboxylic acids is 2. The molecule has 5 nitrogen and oxygen atoms in total. The average Bonchev–Trinajstić information content (AvgIpc) is 2.23. The van der Waals surface area contributed by atoms with Crippen LogP contribution >= 0.6 is 0 Å². The summed E-state index contributed by atoms with van der Waals surface area (Å²) in [6, 6.07) is -0.681. The van der Waals surface area contributed by atoms with Crippen LogP contribution in [-0.4, -0.2) is 36.2 Å². The number of aliphatic hydroxyl groups is 1. The molecule has 2 atom stereocenters. The van der Waals surface area contributed by atoms with E-state index in [1.807, 2.05) is 13.8 Å². The molecule has 0 bridgehead atoms. The van der Waals surface area contributed by atoms with Crippen molar-refractivity contribution < 1.29 is 19.4 Å². The van der Waals surface area contributed by atoms with Crippen molar-refractivity contribution in [3.8, 4) is 0 Å². The molecule has 0 aliphatic heterocycles. The van der Waals surface area contributed by atoms with Crippen molar-refractivity contribution in [2.75, 3.05) is 7.11 Å². The number of ether oxygens (including phenoxy) is 1. The predicted octanol–water partition coefficient (Wildman–Crippen LogP) is 0.461. The Labute approximate surface area is 96.2 Å². The maximum absolute atomic E-state index is 11.5. The molecule has 0 aromatic carbocycles. The Kier molecular flexibility index (Phi) is 6.72. The molecule has 0 radical (unpaired) electrons. The fourth-order valence-corrected chi connectivity index (χ4v) is 1.29. The van der Waals surface area contributed by atoms with Gasteiger partial charge in [-0.25, -0.2) is 4.79 Å². The van der Waals surface area contributed by atoms with Crippen molar-refractivity contribution in [1.29, 1.82) is 0 Å². The van der Waals surface area contributed by atoms with Gasteiger partial charge in [-0.2, -0.15) is 0 Å². The van der Waals surface area contributed by atoms with Crippen LogP contribution in [0.5, 0.6) is 0 Å². The fourth-order valence-electron chi connectivity index (χ4n) is 1.29. The quantitative estimate of drug-likeness (QED) is 0.651. The lowest BCUT2D eigenvalue weighted by Crippen LogP contribution is -2.45. The molecule has 0 unspecified atom stereocenters. The van der Waals surface area contributed by atoms with Crippen LogP contribution in [0.4, 0.5) is 0 Å². The molecule has 0 aliphatic rings. The van der Waals surface area contributed by atoms with Gasteiger partial charge in [-0.15, -0.1) is 0 Å². The van der Waals surface area contributed by atoms with Crippen molar-refractivity contribution in [3.63, 3.8) is 0 Å². The average molecular weight is 231 g/mol. The van der Waals surface area contributed by atoms with Crippen LogP contribution in [0.15, 0.2) is 0 Å². The first kappa shape index (κ1) is 14.9. The Morgan fingerprint density at radius 1 is 1.38 bits per heavy atom. The maximum atomic E-state index is 11.5. The van der Waals surface area contributed by atoms with Gasteiger partial charge in [-0.3, -0.25) is 4.79 Å². The summed E-state index contributed by atoms with van der Waals surface area (Å²) >= 11 is 0. The standard InChI is InChI=1S/C11H21NO4/c1-5-8(11(15)16-4)12-10(14)9(13)6-7(2)3/h7-9,13H,5-6H2,1-4H3,(H,12,14)/t8-,9+/m0/s1. The van der Waals surface area contributed by atoms with Crippen LogP contribution in [-0.2, 0) is 14.3 Å². The van der Waals surface area contributed by atoms with E-state index in [2.05, 4.69) is 10.1 Å². The monoisotopic (exact) mass is 231 g/mol. The van der Waals surface area contributed by atoms with Gasteiger partial charge in [0, 0.05) is 0 Å². The SMILES string of the molecule is CC[C@H](NC(=O)[C@H](O)CC(C)C)C(=O)OC. The van der Waals surface area contributed by atoms with Crippen molar-refractivity contribution in [2.24, 2.45) is 5.92 Å². The van der Waals surface area contributed by atoms with Crippen LogP contribution in [0.25, 0.3) is 0 Å². The summed E-state index contributed by atoms with van der Waals surface area (Å²) < 4.78 is 4.53. The zero-order valence-corrected chi connectivity index (χ0v) is 10.3. The highest BCUT2D eigenvalue weighted by Gasteiger charge is 2.23. The lowest BCUT2D eigenvalue weighted by Gasteiger charge is -2.18. The Bertz CT molecular complexity index is 240. The van der Waals surface area contributed by atoms with E-state index in [0.717, 1.165) is 0 Å². The molecule has 0 spiro atoms. The molecule has 2 N–H and O–H groups in total. The summed E-state index contributed by atoms with van der Waals surface area (Å²) in [4.78, 5) is 22.7. The van der Waals surface area contributed by atoms with Gasteiger partial charge in [0.1, 0.15) is 12.1 Å². The topological polar surface area (TPSA) is 75.6 Å². The molecule has 0 aliphatic carbocycles. The molecular weight excluding hydrogens is 210 g/mol. The second-order valence-electron chi connectivity index (χ2n) is 4.14. The smallest absolute Gasteiger partial charge is 0.328 e. The summed E-state index contributed by atoms with van der Waals surface area (Å²) in [6.07, 6.45) is -0.255. The number of aliphatic hydroxyl groups excluding tert-OH is 1. The first-order valence-electron chi connectivity index (χ1n) is 5.48. The molecule has 16 heavy (non-hydrogen) atoms. The first-order chi connectivity index (χ1) is 7.42. The minimum atomic E-state index is -1.07. The number of esters is 1. The number of hydrogen-bond donors (Lipinski definition) is 2. The number of amides is 1. The number of hydrogen-bond acceptors (Lipinski definition) is 4. The molecule has 0 aromatic rings. The minimum Gasteiger partial charge on any atom is -0.467 e. The third-order valence-corrected chi connectivity index (χ3v) is 2.21. The van der Waals surface area contributed by atoms with Gasteiger partial charge in [-0.05, 0) is 18.8 Å². The Morgan fingerprint density at radius 2 is 1.94 bits per heavy atom.